The summed E-state index contributed by atoms with van der Waals surface area (Å²) in [5, 5.41) is 3.87. The van der Waals surface area contributed by atoms with Gasteiger partial charge in [0.15, 0.2) is 0 Å². The molecular formula is C17H23BN2O3. The maximum atomic E-state index is 11.7. The molecule has 0 atom stereocenters. The number of carbonyl (C=O) groups excluding carboxylic acids is 1. The highest BCUT2D eigenvalue weighted by molar-refractivity contribution is 6.62. The molecule has 1 aromatic carbocycles. The van der Waals surface area contributed by atoms with Crippen LogP contribution in [0.1, 0.15) is 41.0 Å². The van der Waals surface area contributed by atoms with Gasteiger partial charge in [-0.3, -0.25) is 4.79 Å². The number of anilines is 1. The molecule has 2 N–H and O–H groups in total. The number of fused-ring (bicyclic) bond motifs is 1. The van der Waals surface area contributed by atoms with E-state index in [-0.39, 0.29) is 17.1 Å². The van der Waals surface area contributed by atoms with Crippen LogP contribution in [-0.4, -0.2) is 29.2 Å². The molecule has 2 aromatic rings. The van der Waals surface area contributed by atoms with Crippen molar-refractivity contribution in [1.82, 2.24) is 4.98 Å². The van der Waals surface area contributed by atoms with Gasteiger partial charge >= 0.3 is 7.12 Å². The summed E-state index contributed by atoms with van der Waals surface area (Å²) in [6.07, 6.45) is 2.26. The van der Waals surface area contributed by atoms with Gasteiger partial charge in [-0.1, -0.05) is 19.1 Å². The number of carbonyl (C=O) groups is 1. The summed E-state index contributed by atoms with van der Waals surface area (Å²) in [5.41, 5.74) is 1.96. The van der Waals surface area contributed by atoms with Crippen LogP contribution in [0.2, 0.25) is 0 Å². The van der Waals surface area contributed by atoms with E-state index in [9.17, 15) is 4.79 Å². The van der Waals surface area contributed by atoms with Gasteiger partial charge in [0.05, 0.1) is 16.9 Å². The summed E-state index contributed by atoms with van der Waals surface area (Å²) in [6.45, 7) is 9.98. The standard InChI is InChI=1S/C17H23BN2O3/c1-6-15(21)20-14-10-19-13-8-7-11(9-12(13)14)18-22-16(2,3)17(4,5)23-18/h7-10,19H,6H2,1-5H3,(H,20,21). The van der Waals surface area contributed by atoms with Gasteiger partial charge in [-0.15, -0.1) is 0 Å². The lowest BCUT2D eigenvalue weighted by atomic mass is 9.78. The lowest BCUT2D eigenvalue weighted by molar-refractivity contribution is -0.115. The highest BCUT2D eigenvalue weighted by atomic mass is 16.7. The Morgan fingerprint density at radius 3 is 2.48 bits per heavy atom. The van der Waals surface area contributed by atoms with Gasteiger partial charge in [-0.2, -0.15) is 0 Å². The van der Waals surface area contributed by atoms with Gasteiger partial charge in [0.2, 0.25) is 5.91 Å². The summed E-state index contributed by atoms with van der Waals surface area (Å²) >= 11 is 0. The first-order valence-corrected chi connectivity index (χ1v) is 8.00. The first-order chi connectivity index (χ1) is 10.7. The third-order valence-electron chi connectivity index (χ3n) is 4.83. The number of rotatable bonds is 3. The van der Waals surface area contributed by atoms with Gasteiger partial charge in [0.25, 0.3) is 0 Å². The molecule has 1 amide bonds. The van der Waals surface area contributed by atoms with Crippen LogP contribution in [0.5, 0.6) is 0 Å². The molecule has 0 aliphatic carbocycles. The molecule has 1 fully saturated rings. The van der Waals surface area contributed by atoms with Crippen molar-refractivity contribution in [3.05, 3.63) is 24.4 Å². The molecule has 5 nitrogen and oxygen atoms in total. The number of nitrogens with one attached hydrogen (secondary N) is 2. The Balaban J connectivity index is 1.94. The van der Waals surface area contributed by atoms with Crippen LogP contribution in [0.4, 0.5) is 5.69 Å². The molecule has 0 radical (unpaired) electrons. The predicted octanol–water partition coefficient (Wildman–Crippen LogP) is 2.82. The van der Waals surface area contributed by atoms with Crippen molar-refractivity contribution in [2.24, 2.45) is 0 Å². The number of benzene rings is 1. The van der Waals surface area contributed by atoms with E-state index in [1.165, 1.54) is 0 Å². The Bertz CT molecular complexity index is 735. The van der Waals surface area contributed by atoms with E-state index in [0.29, 0.717) is 6.42 Å². The fraction of sp³-hybridized carbons (Fsp3) is 0.471. The van der Waals surface area contributed by atoms with Gasteiger partial charge in [0, 0.05) is 23.5 Å². The lowest BCUT2D eigenvalue weighted by Crippen LogP contribution is -2.41. The van der Waals surface area contributed by atoms with E-state index >= 15 is 0 Å². The molecule has 0 saturated carbocycles. The second-order valence-corrected chi connectivity index (χ2v) is 7.00. The fourth-order valence-corrected chi connectivity index (χ4v) is 2.61. The van der Waals surface area contributed by atoms with Crippen molar-refractivity contribution in [2.45, 2.75) is 52.2 Å². The van der Waals surface area contributed by atoms with Gasteiger partial charge < -0.3 is 19.6 Å². The molecule has 0 bridgehead atoms. The number of amides is 1. The molecule has 3 rings (SSSR count). The molecule has 2 heterocycles. The van der Waals surface area contributed by atoms with E-state index in [2.05, 4.69) is 10.3 Å². The molecule has 1 aliphatic heterocycles. The Morgan fingerprint density at radius 1 is 1.22 bits per heavy atom. The summed E-state index contributed by atoms with van der Waals surface area (Å²) < 4.78 is 12.2. The highest BCUT2D eigenvalue weighted by Crippen LogP contribution is 2.36. The van der Waals surface area contributed by atoms with Crippen molar-refractivity contribution < 1.29 is 14.1 Å². The summed E-state index contributed by atoms with van der Waals surface area (Å²) in [6, 6.07) is 5.99. The summed E-state index contributed by atoms with van der Waals surface area (Å²) in [5.74, 6) is -0.00747. The number of hydrogen-bond acceptors (Lipinski definition) is 3. The monoisotopic (exact) mass is 314 g/mol. The van der Waals surface area contributed by atoms with Crippen LogP contribution in [0.25, 0.3) is 10.9 Å². The van der Waals surface area contributed by atoms with E-state index in [1.807, 2.05) is 59.0 Å². The van der Waals surface area contributed by atoms with Gasteiger partial charge in [0.1, 0.15) is 0 Å². The largest absolute Gasteiger partial charge is 0.494 e. The SMILES string of the molecule is CCC(=O)Nc1c[nH]c2ccc(B3OC(C)(C)C(C)(C)O3)cc12. The van der Waals surface area contributed by atoms with Crippen molar-refractivity contribution in [3.8, 4) is 0 Å². The van der Waals surface area contributed by atoms with Crippen LogP contribution < -0.4 is 10.8 Å². The molecule has 23 heavy (non-hydrogen) atoms. The van der Waals surface area contributed by atoms with Crippen molar-refractivity contribution in [1.29, 1.82) is 0 Å². The average Bonchev–Trinajstić information content (AvgIpc) is 2.97. The Kier molecular flexibility index (Phi) is 3.77. The van der Waals surface area contributed by atoms with Gasteiger partial charge in [-0.25, -0.2) is 0 Å². The number of aromatic nitrogens is 1. The highest BCUT2D eigenvalue weighted by Gasteiger charge is 2.51. The summed E-state index contributed by atoms with van der Waals surface area (Å²) in [4.78, 5) is 14.8. The molecule has 1 saturated heterocycles. The van der Waals surface area contributed by atoms with E-state index < -0.39 is 7.12 Å². The van der Waals surface area contributed by atoms with Crippen LogP contribution in [-0.2, 0) is 14.1 Å². The average molecular weight is 314 g/mol. The maximum Gasteiger partial charge on any atom is 0.494 e. The molecule has 0 spiro atoms. The number of H-pyrrole nitrogens is 1. The van der Waals surface area contributed by atoms with Gasteiger partial charge in [-0.05, 0) is 39.2 Å². The maximum absolute atomic E-state index is 11.7. The third kappa shape index (κ3) is 2.77. The zero-order valence-electron chi connectivity index (χ0n) is 14.3. The second kappa shape index (κ2) is 5.39. The predicted molar refractivity (Wildman–Crippen MR) is 92.9 cm³/mol. The third-order valence-corrected chi connectivity index (χ3v) is 4.83. The Hall–Kier alpha value is -1.79. The Morgan fingerprint density at radius 2 is 1.87 bits per heavy atom. The molecule has 1 aromatic heterocycles. The molecule has 0 unspecified atom stereocenters. The molecule has 6 heteroatoms. The molecule has 122 valence electrons. The van der Waals surface area contributed by atoms with Crippen molar-refractivity contribution in [3.63, 3.8) is 0 Å². The topological polar surface area (TPSA) is 63.4 Å². The minimum absolute atomic E-state index is 0.00747. The minimum atomic E-state index is -0.408. The van der Waals surface area contributed by atoms with Crippen LogP contribution in [0.3, 0.4) is 0 Å². The zero-order valence-corrected chi connectivity index (χ0v) is 14.3. The Labute approximate surface area is 136 Å². The minimum Gasteiger partial charge on any atom is -0.399 e. The first-order valence-electron chi connectivity index (χ1n) is 8.00. The second-order valence-electron chi connectivity index (χ2n) is 7.00. The van der Waals surface area contributed by atoms with Crippen LogP contribution >= 0.6 is 0 Å². The molecule has 1 aliphatic rings. The van der Waals surface area contributed by atoms with Crippen LogP contribution in [0.15, 0.2) is 24.4 Å². The summed E-state index contributed by atoms with van der Waals surface area (Å²) in [7, 11) is -0.408. The van der Waals surface area contributed by atoms with Crippen molar-refractivity contribution >= 4 is 35.1 Å². The lowest BCUT2D eigenvalue weighted by Gasteiger charge is -2.32. The zero-order chi connectivity index (χ0) is 16.8. The first kappa shape index (κ1) is 16.1. The smallest absolute Gasteiger partial charge is 0.399 e. The van der Waals surface area contributed by atoms with E-state index in [4.69, 9.17) is 9.31 Å². The number of hydrogen-bond donors (Lipinski definition) is 2. The van der Waals surface area contributed by atoms with E-state index in [0.717, 1.165) is 22.1 Å². The quantitative estimate of drug-likeness (QED) is 0.856. The van der Waals surface area contributed by atoms with Crippen LogP contribution in [0, 0.1) is 0 Å². The van der Waals surface area contributed by atoms with Crippen molar-refractivity contribution in [2.75, 3.05) is 5.32 Å². The van der Waals surface area contributed by atoms with E-state index in [1.54, 1.807) is 0 Å². The fourth-order valence-electron chi connectivity index (χ4n) is 2.61. The number of aromatic amines is 1. The normalized spacial score (nSPS) is 19.3. The molecular weight excluding hydrogens is 291 g/mol.